The van der Waals surface area contributed by atoms with Gasteiger partial charge in [0.25, 0.3) is 0 Å². The molecule has 0 aliphatic carbocycles. The number of nitrogens with zero attached hydrogens (tertiary/aromatic N) is 2. The maximum Gasteiger partial charge on any atom is 0.161 e. The molecule has 3 rings (SSSR count). The van der Waals surface area contributed by atoms with Crippen LogP contribution in [0.2, 0.25) is 0 Å². The monoisotopic (exact) mass is 287 g/mol. The molecule has 2 aliphatic rings. The summed E-state index contributed by atoms with van der Waals surface area (Å²) in [6, 6.07) is 8.49. The quantitative estimate of drug-likeness (QED) is 0.905. The third-order valence-electron chi connectivity index (χ3n) is 4.21. The summed E-state index contributed by atoms with van der Waals surface area (Å²) in [5.41, 5.74) is 0.633. The summed E-state index contributed by atoms with van der Waals surface area (Å²) in [7, 11) is 0. The molecule has 0 saturated carbocycles. The Kier molecular flexibility index (Phi) is 4.00. The Bertz CT molecular complexity index is 549. The van der Waals surface area contributed by atoms with Gasteiger partial charge in [-0.25, -0.2) is 0 Å². The topological polar surface area (TPSA) is 57.5 Å². The number of hydrogen-bond donors (Lipinski definition) is 1. The van der Waals surface area contributed by atoms with Crippen molar-refractivity contribution in [2.45, 2.75) is 18.9 Å². The summed E-state index contributed by atoms with van der Waals surface area (Å²) >= 11 is 0. The third kappa shape index (κ3) is 2.97. The smallest absolute Gasteiger partial charge is 0.161 e. The molecule has 1 aromatic carbocycles. The van der Waals surface area contributed by atoms with Gasteiger partial charge in [-0.3, -0.25) is 4.90 Å². The molecule has 0 aromatic heterocycles. The van der Waals surface area contributed by atoms with Crippen LogP contribution in [0.5, 0.6) is 11.5 Å². The Morgan fingerprint density at radius 1 is 1.24 bits per heavy atom. The van der Waals surface area contributed by atoms with E-state index in [0.717, 1.165) is 43.2 Å². The number of benzene rings is 1. The van der Waals surface area contributed by atoms with Crippen LogP contribution in [-0.2, 0) is 6.42 Å². The molecule has 2 heterocycles. The van der Waals surface area contributed by atoms with Crippen LogP contribution in [0.1, 0.15) is 12.5 Å². The van der Waals surface area contributed by atoms with E-state index in [1.807, 2.05) is 25.1 Å². The minimum atomic E-state index is -0.480. The van der Waals surface area contributed by atoms with Crippen molar-refractivity contribution < 1.29 is 9.47 Å². The molecule has 1 atom stereocenters. The molecular formula is C16H21N3O2. The van der Waals surface area contributed by atoms with E-state index in [1.165, 1.54) is 0 Å². The highest BCUT2D eigenvalue weighted by Crippen LogP contribution is 2.32. The zero-order chi connectivity index (χ0) is 14.7. The van der Waals surface area contributed by atoms with Gasteiger partial charge in [0.05, 0.1) is 6.07 Å². The zero-order valence-corrected chi connectivity index (χ0v) is 12.4. The van der Waals surface area contributed by atoms with Crippen LogP contribution < -0.4 is 14.8 Å². The fourth-order valence-corrected chi connectivity index (χ4v) is 2.98. The van der Waals surface area contributed by atoms with E-state index in [2.05, 4.69) is 16.3 Å². The summed E-state index contributed by atoms with van der Waals surface area (Å²) in [6.45, 7) is 6.92. The summed E-state index contributed by atoms with van der Waals surface area (Å²) in [4.78, 5) is 2.26. The van der Waals surface area contributed by atoms with E-state index >= 15 is 0 Å². The molecule has 1 N–H and O–H groups in total. The van der Waals surface area contributed by atoms with Crippen LogP contribution in [0, 0.1) is 11.3 Å². The maximum absolute atomic E-state index is 9.67. The third-order valence-corrected chi connectivity index (χ3v) is 4.21. The van der Waals surface area contributed by atoms with Crippen LogP contribution in [0.4, 0.5) is 0 Å². The summed E-state index contributed by atoms with van der Waals surface area (Å²) < 4.78 is 11.2. The van der Waals surface area contributed by atoms with Crippen molar-refractivity contribution in [1.29, 1.82) is 5.26 Å². The fraction of sp³-hybridized carbons (Fsp3) is 0.562. The Balaban J connectivity index is 1.78. The second-order valence-corrected chi connectivity index (χ2v) is 5.78. The first-order valence-electron chi connectivity index (χ1n) is 7.47. The first-order chi connectivity index (χ1) is 10.2. The Morgan fingerprint density at radius 2 is 1.95 bits per heavy atom. The Hall–Kier alpha value is -1.77. The minimum absolute atomic E-state index is 0.480. The van der Waals surface area contributed by atoms with Gasteiger partial charge in [0.2, 0.25) is 0 Å². The van der Waals surface area contributed by atoms with Gasteiger partial charge in [-0.15, -0.1) is 0 Å². The normalized spacial score (nSPS) is 21.3. The molecule has 2 aliphatic heterocycles. The largest absolute Gasteiger partial charge is 0.486 e. The lowest BCUT2D eigenvalue weighted by molar-refractivity contribution is 0.132. The number of hydrogen-bond acceptors (Lipinski definition) is 5. The highest BCUT2D eigenvalue weighted by atomic mass is 16.6. The van der Waals surface area contributed by atoms with E-state index in [9.17, 15) is 5.26 Å². The molecule has 21 heavy (non-hydrogen) atoms. The highest BCUT2D eigenvalue weighted by molar-refractivity contribution is 5.44. The van der Waals surface area contributed by atoms with Crippen molar-refractivity contribution in [3.8, 4) is 17.6 Å². The first-order valence-corrected chi connectivity index (χ1v) is 7.47. The summed E-state index contributed by atoms with van der Waals surface area (Å²) in [6.07, 6.45) is 0.695. The number of piperazine rings is 1. The molecule has 5 heteroatoms. The standard InChI is InChI=1S/C16H21N3O2/c1-16(12-17,19-6-4-18-5-7-19)11-13-2-3-14-15(10-13)21-9-8-20-14/h2-3,10,18H,4-9,11H2,1H3. The Morgan fingerprint density at radius 3 is 2.67 bits per heavy atom. The van der Waals surface area contributed by atoms with Crippen molar-refractivity contribution in [2.75, 3.05) is 39.4 Å². The molecule has 1 fully saturated rings. The second-order valence-electron chi connectivity index (χ2n) is 5.78. The van der Waals surface area contributed by atoms with Gasteiger partial charge in [0.15, 0.2) is 11.5 Å². The van der Waals surface area contributed by atoms with Gasteiger partial charge in [-0.1, -0.05) is 6.07 Å². The SMILES string of the molecule is CC(C#N)(Cc1ccc2c(c1)OCCO2)N1CCNCC1. The first kappa shape index (κ1) is 14.2. The number of fused-ring (bicyclic) bond motifs is 1. The zero-order valence-electron chi connectivity index (χ0n) is 12.4. The van der Waals surface area contributed by atoms with Gasteiger partial charge in [0.1, 0.15) is 18.8 Å². The summed E-state index contributed by atoms with van der Waals surface area (Å²) in [5.74, 6) is 1.59. The molecule has 1 saturated heterocycles. The lowest BCUT2D eigenvalue weighted by atomic mass is 9.91. The van der Waals surface area contributed by atoms with Crippen molar-refractivity contribution in [2.24, 2.45) is 0 Å². The molecule has 0 amide bonds. The highest BCUT2D eigenvalue weighted by Gasteiger charge is 2.33. The lowest BCUT2D eigenvalue weighted by Gasteiger charge is -2.39. The Labute approximate surface area is 125 Å². The average molecular weight is 287 g/mol. The van der Waals surface area contributed by atoms with Crippen LogP contribution in [-0.4, -0.2) is 49.8 Å². The van der Waals surface area contributed by atoms with Crippen molar-refractivity contribution in [3.63, 3.8) is 0 Å². The number of nitriles is 1. The van der Waals surface area contributed by atoms with Crippen LogP contribution in [0.3, 0.4) is 0 Å². The molecule has 0 radical (unpaired) electrons. The lowest BCUT2D eigenvalue weighted by Crippen LogP contribution is -2.55. The molecule has 1 aromatic rings. The van der Waals surface area contributed by atoms with Crippen LogP contribution in [0.25, 0.3) is 0 Å². The van der Waals surface area contributed by atoms with E-state index in [1.54, 1.807) is 0 Å². The van der Waals surface area contributed by atoms with Crippen molar-refractivity contribution >= 4 is 0 Å². The van der Waals surface area contributed by atoms with E-state index in [4.69, 9.17) is 9.47 Å². The van der Waals surface area contributed by atoms with Gasteiger partial charge in [-0.2, -0.15) is 5.26 Å². The fourth-order valence-electron chi connectivity index (χ4n) is 2.98. The van der Waals surface area contributed by atoms with Gasteiger partial charge in [0, 0.05) is 32.6 Å². The predicted molar refractivity (Wildman–Crippen MR) is 79.6 cm³/mol. The molecule has 5 nitrogen and oxygen atoms in total. The van der Waals surface area contributed by atoms with E-state index in [0.29, 0.717) is 19.6 Å². The molecule has 112 valence electrons. The molecule has 0 spiro atoms. The minimum Gasteiger partial charge on any atom is -0.486 e. The molecule has 0 bridgehead atoms. The van der Waals surface area contributed by atoms with Gasteiger partial charge in [-0.05, 0) is 24.6 Å². The number of nitrogens with one attached hydrogen (secondary N) is 1. The van der Waals surface area contributed by atoms with E-state index < -0.39 is 5.54 Å². The molecular weight excluding hydrogens is 266 g/mol. The number of ether oxygens (including phenoxy) is 2. The predicted octanol–water partition coefficient (Wildman–Crippen LogP) is 1.19. The van der Waals surface area contributed by atoms with Crippen molar-refractivity contribution in [1.82, 2.24) is 10.2 Å². The van der Waals surface area contributed by atoms with E-state index in [-0.39, 0.29) is 0 Å². The number of rotatable bonds is 3. The second kappa shape index (κ2) is 5.92. The van der Waals surface area contributed by atoms with Crippen molar-refractivity contribution in [3.05, 3.63) is 23.8 Å². The summed E-state index contributed by atoms with van der Waals surface area (Å²) in [5, 5.41) is 13.0. The van der Waals surface area contributed by atoms with Crippen LogP contribution >= 0.6 is 0 Å². The van der Waals surface area contributed by atoms with Gasteiger partial charge >= 0.3 is 0 Å². The van der Waals surface area contributed by atoms with Gasteiger partial charge < -0.3 is 14.8 Å². The molecule has 1 unspecified atom stereocenters. The average Bonchev–Trinajstić information content (AvgIpc) is 2.55. The van der Waals surface area contributed by atoms with Crippen LogP contribution in [0.15, 0.2) is 18.2 Å². The maximum atomic E-state index is 9.67.